The van der Waals surface area contributed by atoms with E-state index in [2.05, 4.69) is 5.32 Å². The highest BCUT2D eigenvalue weighted by Gasteiger charge is 2.09. The number of nitrogens with zero attached hydrogens (tertiary/aromatic N) is 1. The summed E-state index contributed by atoms with van der Waals surface area (Å²) in [6.07, 6.45) is -1.05. The second-order valence-corrected chi connectivity index (χ2v) is 4.75. The number of nitrogens with one attached hydrogen (secondary N) is 1. The van der Waals surface area contributed by atoms with Crippen LogP contribution < -0.4 is 10.7 Å². The van der Waals surface area contributed by atoms with Gasteiger partial charge in [0.15, 0.2) is 5.43 Å². The van der Waals surface area contributed by atoms with Crippen molar-refractivity contribution in [3.05, 3.63) is 58.8 Å². The first-order chi connectivity index (χ1) is 10.2. The zero-order valence-electron chi connectivity index (χ0n) is 11.2. The van der Waals surface area contributed by atoms with Gasteiger partial charge in [0.05, 0.1) is 11.0 Å². The predicted octanol–water partition coefficient (Wildman–Crippen LogP) is 2.42. The van der Waals surface area contributed by atoms with Crippen molar-refractivity contribution in [1.82, 2.24) is 9.88 Å². The molecule has 1 aromatic heterocycles. The minimum absolute atomic E-state index is 0.00337. The third-order valence-corrected chi connectivity index (χ3v) is 3.49. The molecule has 0 fully saturated rings. The van der Waals surface area contributed by atoms with Gasteiger partial charge in [0.25, 0.3) is 0 Å². The number of para-hydroxylation sites is 2. The van der Waals surface area contributed by atoms with Crippen LogP contribution in [-0.4, -0.2) is 22.3 Å². The lowest BCUT2D eigenvalue weighted by Crippen LogP contribution is -2.26. The number of pyridine rings is 1. The SMILES string of the molecule is O=C(O)NCCn1c2ccccc2c(=O)c2ccccc21. The van der Waals surface area contributed by atoms with E-state index >= 15 is 0 Å². The Bertz CT molecular complexity index is 823. The fourth-order valence-corrected chi connectivity index (χ4v) is 2.59. The van der Waals surface area contributed by atoms with Crippen LogP contribution in [0.25, 0.3) is 21.8 Å². The lowest BCUT2D eigenvalue weighted by molar-refractivity contribution is 0.194. The van der Waals surface area contributed by atoms with Gasteiger partial charge in [0, 0.05) is 23.9 Å². The summed E-state index contributed by atoms with van der Waals surface area (Å²) in [6, 6.07) is 14.8. The van der Waals surface area contributed by atoms with Crippen LogP contribution in [0.2, 0.25) is 0 Å². The van der Waals surface area contributed by atoms with Gasteiger partial charge >= 0.3 is 6.09 Å². The van der Waals surface area contributed by atoms with Crippen molar-refractivity contribution in [3.8, 4) is 0 Å². The monoisotopic (exact) mass is 282 g/mol. The number of benzene rings is 2. The molecule has 0 saturated heterocycles. The van der Waals surface area contributed by atoms with Crippen LogP contribution in [0, 0.1) is 0 Å². The van der Waals surface area contributed by atoms with Gasteiger partial charge in [-0.1, -0.05) is 24.3 Å². The van der Waals surface area contributed by atoms with E-state index in [0.717, 1.165) is 11.0 Å². The summed E-state index contributed by atoms with van der Waals surface area (Å²) in [7, 11) is 0. The molecule has 1 heterocycles. The first-order valence-corrected chi connectivity index (χ1v) is 6.65. The summed E-state index contributed by atoms with van der Waals surface area (Å²) < 4.78 is 1.97. The molecule has 0 radical (unpaired) electrons. The molecule has 0 bridgehead atoms. The minimum atomic E-state index is -1.05. The Kier molecular flexibility index (Phi) is 3.31. The first kappa shape index (κ1) is 13.2. The predicted molar refractivity (Wildman–Crippen MR) is 81.7 cm³/mol. The maximum atomic E-state index is 12.5. The Morgan fingerprint density at radius 2 is 1.52 bits per heavy atom. The zero-order chi connectivity index (χ0) is 14.8. The summed E-state index contributed by atoms with van der Waals surface area (Å²) in [5.74, 6) is 0. The molecule has 2 aromatic carbocycles. The van der Waals surface area contributed by atoms with Crippen molar-refractivity contribution in [2.75, 3.05) is 6.54 Å². The van der Waals surface area contributed by atoms with Gasteiger partial charge in [0.2, 0.25) is 0 Å². The molecule has 3 aromatic rings. The van der Waals surface area contributed by atoms with Gasteiger partial charge in [-0.3, -0.25) is 4.79 Å². The fourth-order valence-electron chi connectivity index (χ4n) is 2.59. The van der Waals surface area contributed by atoms with E-state index < -0.39 is 6.09 Å². The third-order valence-electron chi connectivity index (χ3n) is 3.49. The number of hydrogen-bond acceptors (Lipinski definition) is 2. The largest absolute Gasteiger partial charge is 0.465 e. The van der Waals surface area contributed by atoms with Crippen LogP contribution in [-0.2, 0) is 6.54 Å². The number of fused-ring (bicyclic) bond motifs is 2. The van der Waals surface area contributed by atoms with Crippen molar-refractivity contribution in [2.24, 2.45) is 0 Å². The maximum Gasteiger partial charge on any atom is 0.404 e. The van der Waals surface area contributed by atoms with Crippen molar-refractivity contribution in [1.29, 1.82) is 0 Å². The van der Waals surface area contributed by atoms with Crippen LogP contribution in [0.3, 0.4) is 0 Å². The number of hydrogen-bond donors (Lipinski definition) is 2. The van der Waals surface area contributed by atoms with Crippen LogP contribution in [0.5, 0.6) is 0 Å². The average Bonchev–Trinajstić information content (AvgIpc) is 2.50. The second-order valence-electron chi connectivity index (χ2n) is 4.75. The van der Waals surface area contributed by atoms with Gasteiger partial charge in [-0.2, -0.15) is 0 Å². The fraction of sp³-hybridized carbons (Fsp3) is 0.125. The van der Waals surface area contributed by atoms with Crippen molar-refractivity contribution in [3.63, 3.8) is 0 Å². The first-order valence-electron chi connectivity index (χ1n) is 6.65. The summed E-state index contributed by atoms with van der Waals surface area (Å²) in [5.41, 5.74) is 1.63. The molecule has 3 rings (SSSR count). The molecule has 0 unspecified atom stereocenters. The smallest absolute Gasteiger partial charge is 0.404 e. The molecule has 0 saturated carbocycles. The number of amides is 1. The van der Waals surface area contributed by atoms with Crippen molar-refractivity contribution in [2.45, 2.75) is 6.54 Å². The van der Waals surface area contributed by atoms with E-state index in [1.54, 1.807) is 12.1 Å². The molecule has 1 amide bonds. The molecule has 0 spiro atoms. The molecular formula is C16H14N2O3. The Labute approximate surface area is 120 Å². The van der Waals surface area contributed by atoms with Crippen LogP contribution >= 0.6 is 0 Å². The quantitative estimate of drug-likeness (QED) is 0.725. The van der Waals surface area contributed by atoms with Crippen molar-refractivity contribution < 1.29 is 9.90 Å². The van der Waals surface area contributed by atoms with Crippen LogP contribution in [0.15, 0.2) is 53.3 Å². The Hall–Kier alpha value is -2.82. The standard InChI is InChI=1S/C16H14N2O3/c19-15-11-5-1-3-7-13(11)18(10-9-17-16(20)21)14-8-4-2-6-12(14)15/h1-8,17H,9-10H2,(H,20,21). The lowest BCUT2D eigenvalue weighted by atomic mass is 10.1. The van der Waals surface area contributed by atoms with Gasteiger partial charge in [0.1, 0.15) is 0 Å². The number of carbonyl (C=O) groups is 1. The maximum absolute atomic E-state index is 12.5. The number of aromatic nitrogens is 1. The molecule has 2 N–H and O–H groups in total. The number of rotatable bonds is 3. The Morgan fingerprint density at radius 3 is 2.05 bits per heavy atom. The van der Waals surface area contributed by atoms with E-state index in [1.165, 1.54) is 0 Å². The summed E-state index contributed by atoms with van der Waals surface area (Å²) >= 11 is 0. The molecule has 106 valence electrons. The molecule has 0 atom stereocenters. The Balaban J connectivity index is 2.24. The molecule has 0 aliphatic carbocycles. The van der Waals surface area contributed by atoms with Gasteiger partial charge in [-0.25, -0.2) is 4.79 Å². The van der Waals surface area contributed by atoms with Crippen molar-refractivity contribution >= 4 is 27.9 Å². The van der Waals surface area contributed by atoms with E-state index in [-0.39, 0.29) is 12.0 Å². The average molecular weight is 282 g/mol. The van der Waals surface area contributed by atoms with E-state index in [1.807, 2.05) is 41.0 Å². The zero-order valence-corrected chi connectivity index (χ0v) is 11.2. The van der Waals surface area contributed by atoms with E-state index in [9.17, 15) is 9.59 Å². The second kappa shape index (κ2) is 5.28. The summed E-state index contributed by atoms with van der Waals surface area (Å²) in [4.78, 5) is 23.1. The van der Waals surface area contributed by atoms with Gasteiger partial charge < -0.3 is 15.0 Å². The third kappa shape index (κ3) is 2.33. The Morgan fingerprint density at radius 1 is 1.00 bits per heavy atom. The van der Waals surface area contributed by atoms with Gasteiger partial charge in [-0.15, -0.1) is 0 Å². The highest BCUT2D eigenvalue weighted by molar-refractivity contribution is 5.93. The van der Waals surface area contributed by atoms with Crippen LogP contribution in [0.4, 0.5) is 4.79 Å². The molecule has 0 aliphatic heterocycles. The van der Waals surface area contributed by atoms with Gasteiger partial charge in [-0.05, 0) is 24.3 Å². The topological polar surface area (TPSA) is 71.3 Å². The summed E-state index contributed by atoms with van der Waals surface area (Å²) in [6.45, 7) is 0.750. The van der Waals surface area contributed by atoms with E-state index in [4.69, 9.17) is 5.11 Å². The normalized spacial score (nSPS) is 10.9. The molecule has 5 nitrogen and oxygen atoms in total. The lowest BCUT2D eigenvalue weighted by Gasteiger charge is -2.14. The van der Waals surface area contributed by atoms with Crippen LogP contribution in [0.1, 0.15) is 0 Å². The molecule has 21 heavy (non-hydrogen) atoms. The number of carboxylic acid groups (broad SMARTS) is 1. The molecular weight excluding hydrogens is 268 g/mol. The molecule has 5 heteroatoms. The minimum Gasteiger partial charge on any atom is -0.465 e. The molecule has 0 aliphatic rings. The van der Waals surface area contributed by atoms with E-state index in [0.29, 0.717) is 17.3 Å². The summed E-state index contributed by atoms with van der Waals surface area (Å²) in [5, 5.41) is 12.3. The highest BCUT2D eigenvalue weighted by Crippen LogP contribution is 2.18. The highest BCUT2D eigenvalue weighted by atomic mass is 16.4.